The molecular weight excluding hydrogens is 388 g/mol. The molecule has 1 aromatic carbocycles. The van der Waals surface area contributed by atoms with Gasteiger partial charge in [-0.2, -0.15) is 0 Å². The van der Waals surface area contributed by atoms with Crippen molar-refractivity contribution < 1.29 is 4.79 Å². The third-order valence-corrected chi connectivity index (χ3v) is 6.36. The van der Waals surface area contributed by atoms with E-state index in [0.29, 0.717) is 28.9 Å². The highest BCUT2D eigenvalue weighted by molar-refractivity contribution is 5.98. The molecule has 5 rings (SSSR count). The van der Waals surface area contributed by atoms with Crippen LogP contribution < -0.4 is 5.56 Å². The van der Waals surface area contributed by atoms with E-state index in [0.717, 1.165) is 36.9 Å². The van der Waals surface area contributed by atoms with Crippen molar-refractivity contribution in [3.8, 4) is 0 Å². The summed E-state index contributed by atoms with van der Waals surface area (Å²) in [5, 5.41) is 0.479. The average molecular weight is 415 g/mol. The highest BCUT2D eigenvalue weighted by atomic mass is 16.2. The van der Waals surface area contributed by atoms with Crippen molar-refractivity contribution in [2.45, 2.75) is 45.7 Å². The monoisotopic (exact) mass is 414 g/mol. The zero-order valence-electron chi connectivity index (χ0n) is 17.9. The van der Waals surface area contributed by atoms with Crippen LogP contribution in [0.5, 0.6) is 0 Å². The Morgan fingerprint density at radius 1 is 1.10 bits per heavy atom. The molecule has 31 heavy (non-hydrogen) atoms. The number of likely N-dealkylation sites (tertiary alicyclic amines) is 1. The van der Waals surface area contributed by atoms with Gasteiger partial charge in [0.1, 0.15) is 17.0 Å². The minimum atomic E-state index is -0.142. The molecule has 158 valence electrons. The molecule has 0 N–H and O–H groups in total. The van der Waals surface area contributed by atoms with Crippen LogP contribution in [-0.2, 0) is 6.54 Å². The fraction of sp³-hybridized carbons (Fsp3) is 0.320. The largest absolute Gasteiger partial charge is 0.335 e. The van der Waals surface area contributed by atoms with Crippen LogP contribution in [0.4, 0.5) is 0 Å². The summed E-state index contributed by atoms with van der Waals surface area (Å²) < 4.78 is 3.49. The molecule has 1 aliphatic rings. The number of amides is 1. The maximum absolute atomic E-state index is 13.6. The van der Waals surface area contributed by atoms with Gasteiger partial charge in [-0.25, -0.2) is 4.98 Å². The van der Waals surface area contributed by atoms with Crippen molar-refractivity contribution in [3.63, 3.8) is 0 Å². The van der Waals surface area contributed by atoms with Gasteiger partial charge in [-0.3, -0.25) is 14.0 Å². The fourth-order valence-corrected chi connectivity index (χ4v) is 4.61. The van der Waals surface area contributed by atoms with Crippen molar-refractivity contribution in [2.75, 3.05) is 6.54 Å². The average Bonchev–Trinajstić information content (AvgIpc) is 3.14. The number of aromatic nitrogens is 3. The van der Waals surface area contributed by atoms with Crippen LogP contribution in [0.2, 0.25) is 0 Å². The number of hydrogen-bond donors (Lipinski definition) is 0. The number of fused-ring (bicyclic) bond motifs is 2. The third-order valence-electron chi connectivity index (χ3n) is 6.36. The topological polar surface area (TPSA) is 59.6 Å². The molecule has 1 fully saturated rings. The smallest absolute Gasteiger partial charge is 0.270 e. The Bertz CT molecular complexity index is 1340. The lowest BCUT2D eigenvalue weighted by Gasteiger charge is -2.33. The van der Waals surface area contributed by atoms with Crippen LogP contribution >= 0.6 is 0 Å². The molecule has 6 nitrogen and oxygen atoms in total. The van der Waals surface area contributed by atoms with Crippen LogP contribution in [-0.4, -0.2) is 37.3 Å². The van der Waals surface area contributed by atoms with Crippen molar-refractivity contribution in [2.24, 2.45) is 0 Å². The minimum absolute atomic E-state index is 0.0219. The van der Waals surface area contributed by atoms with Gasteiger partial charge in [0.05, 0.1) is 5.39 Å². The van der Waals surface area contributed by atoms with Crippen LogP contribution in [0, 0.1) is 6.92 Å². The lowest BCUT2D eigenvalue weighted by molar-refractivity contribution is 0.0625. The Labute approximate surface area is 180 Å². The standard InChI is InChI=1S/C25H26N4O2/c1-17-9-8-14-28-22(17)26-23-20(24(28)30)15-21(25(31)27-13-7-6-10-18(27)2)29(23)16-19-11-4-3-5-12-19/h3-5,8-9,11-12,14-15,18H,6-7,10,13,16H2,1-2H3/t18-/m0/s1. The van der Waals surface area contributed by atoms with E-state index in [-0.39, 0.29) is 17.5 Å². The second-order valence-corrected chi connectivity index (χ2v) is 8.48. The second kappa shape index (κ2) is 7.69. The predicted molar refractivity (Wildman–Crippen MR) is 122 cm³/mol. The van der Waals surface area contributed by atoms with Crippen LogP contribution in [0.3, 0.4) is 0 Å². The Morgan fingerprint density at radius 3 is 2.68 bits per heavy atom. The number of pyridine rings is 1. The zero-order chi connectivity index (χ0) is 21.5. The van der Waals surface area contributed by atoms with Crippen molar-refractivity contribution in [3.05, 3.63) is 81.9 Å². The summed E-state index contributed by atoms with van der Waals surface area (Å²) in [5.74, 6) is -0.0219. The molecule has 1 atom stereocenters. The molecule has 0 saturated carbocycles. The van der Waals surface area contributed by atoms with Gasteiger partial charge in [0.2, 0.25) is 0 Å². The quantitative estimate of drug-likeness (QED) is 0.509. The number of aryl methyl sites for hydroxylation is 1. The van der Waals surface area contributed by atoms with Gasteiger partial charge in [0, 0.05) is 25.3 Å². The first-order chi connectivity index (χ1) is 15.0. The van der Waals surface area contributed by atoms with Gasteiger partial charge in [-0.1, -0.05) is 36.4 Å². The van der Waals surface area contributed by atoms with Crippen molar-refractivity contribution in [1.29, 1.82) is 0 Å². The van der Waals surface area contributed by atoms with E-state index in [1.165, 1.54) is 0 Å². The molecule has 1 saturated heterocycles. The van der Waals surface area contributed by atoms with Crippen molar-refractivity contribution in [1.82, 2.24) is 18.9 Å². The summed E-state index contributed by atoms with van der Waals surface area (Å²) in [5.41, 5.74) is 3.56. The first-order valence-corrected chi connectivity index (χ1v) is 10.9. The first kappa shape index (κ1) is 19.5. The number of nitrogens with zero attached hydrogens (tertiary/aromatic N) is 4. The molecule has 4 heterocycles. The van der Waals surface area contributed by atoms with Crippen LogP contribution in [0.1, 0.15) is 47.8 Å². The molecule has 0 bridgehead atoms. The van der Waals surface area contributed by atoms with E-state index in [4.69, 9.17) is 4.98 Å². The third kappa shape index (κ3) is 3.32. The zero-order valence-corrected chi connectivity index (χ0v) is 17.9. The molecule has 1 aliphatic heterocycles. The Kier molecular flexibility index (Phi) is 4.85. The predicted octanol–water partition coefficient (Wildman–Crippen LogP) is 4.02. The highest BCUT2D eigenvalue weighted by Crippen LogP contribution is 2.24. The summed E-state index contributed by atoms with van der Waals surface area (Å²) in [6.07, 6.45) is 4.90. The molecule has 4 aromatic rings. The van der Waals surface area contributed by atoms with Gasteiger partial charge in [-0.05, 0) is 56.4 Å². The first-order valence-electron chi connectivity index (χ1n) is 10.9. The Balaban J connectivity index is 1.75. The van der Waals surface area contributed by atoms with E-state index in [1.54, 1.807) is 16.7 Å². The summed E-state index contributed by atoms with van der Waals surface area (Å²) in [7, 11) is 0. The Hall–Kier alpha value is -3.41. The SMILES string of the molecule is Cc1cccn2c(=O)c3cc(C(=O)N4CCCC[C@@H]4C)n(Cc4ccccc4)c3nc12. The Morgan fingerprint density at radius 2 is 1.90 bits per heavy atom. The van der Waals surface area contributed by atoms with Gasteiger partial charge in [0.15, 0.2) is 0 Å². The number of piperidine rings is 1. The summed E-state index contributed by atoms with van der Waals surface area (Å²) in [6, 6.07) is 15.7. The number of hydrogen-bond acceptors (Lipinski definition) is 3. The molecule has 6 heteroatoms. The van der Waals surface area contributed by atoms with Crippen LogP contribution in [0.25, 0.3) is 16.7 Å². The van der Waals surface area contributed by atoms with E-state index in [9.17, 15) is 9.59 Å². The van der Waals surface area contributed by atoms with E-state index < -0.39 is 0 Å². The van der Waals surface area contributed by atoms with E-state index in [1.807, 2.05) is 58.9 Å². The maximum Gasteiger partial charge on any atom is 0.270 e. The maximum atomic E-state index is 13.6. The molecule has 0 aliphatic carbocycles. The molecule has 3 aromatic heterocycles. The summed E-state index contributed by atoms with van der Waals surface area (Å²) >= 11 is 0. The molecule has 0 spiro atoms. The fourth-order valence-electron chi connectivity index (χ4n) is 4.61. The molecule has 0 radical (unpaired) electrons. The minimum Gasteiger partial charge on any atom is -0.335 e. The number of carbonyl (C=O) groups is 1. The summed E-state index contributed by atoms with van der Waals surface area (Å²) in [6.45, 7) is 5.29. The van der Waals surface area contributed by atoms with E-state index in [2.05, 4.69) is 6.92 Å². The second-order valence-electron chi connectivity index (χ2n) is 8.48. The highest BCUT2D eigenvalue weighted by Gasteiger charge is 2.28. The van der Waals surface area contributed by atoms with Gasteiger partial charge >= 0.3 is 0 Å². The number of rotatable bonds is 3. The van der Waals surface area contributed by atoms with Crippen LogP contribution in [0.15, 0.2) is 59.5 Å². The van der Waals surface area contributed by atoms with E-state index >= 15 is 0 Å². The van der Waals surface area contributed by atoms with Crippen molar-refractivity contribution >= 4 is 22.6 Å². The lowest BCUT2D eigenvalue weighted by Crippen LogP contribution is -2.42. The summed E-state index contributed by atoms with van der Waals surface area (Å²) in [4.78, 5) is 33.7. The molecule has 1 amide bonds. The number of carbonyl (C=O) groups excluding carboxylic acids is 1. The van der Waals surface area contributed by atoms with Gasteiger partial charge in [0.25, 0.3) is 11.5 Å². The number of benzene rings is 1. The van der Waals surface area contributed by atoms with Gasteiger partial charge < -0.3 is 9.47 Å². The molecule has 0 unspecified atom stereocenters. The normalized spacial score (nSPS) is 16.8. The lowest BCUT2D eigenvalue weighted by atomic mass is 10.0. The van der Waals surface area contributed by atoms with Gasteiger partial charge in [-0.15, -0.1) is 0 Å². The molecular formula is C25H26N4O2.